The Hall–Kier alpha value is -0.370. The molecule has 80 valence electrons. The molecule has 2 heteroatoms. The molecule has 0 aliphatic heterocycles. The van der Waals surface area contributed by atoms with Crippen molar-refractivity contribution in [1.29, 1.82) is 0 Å². The topological polar surface area (TPSA) is 26.3 Å². The maximum atomic E-state index is 11.8. The number of carbonyl (C=O) groups excluding carboxylic acids is 1. The highest BCUT2D eigenvalue weighted by molar-refractivity contribution is 5.83. The van der Waals surface area contributed by atoms with Crippen LogP contribution in [-0.2, 0) is 9.53 Å². The normalized spacial score (nSPS) is 35.1. The molecule has 2 aliphatic carbocycles. The average molecular weight is 196 g/mol. The zero-order chi connectivity index (χ0) is 9.97. The molecule has 0 amide bonds. The number of rotatable bonds is 5. The molecule has 3 atom stereocenters. The van der Waals surface area contributed by atoms with Crippen molar-refractivity contribution < 1.29 is 9.53 Å². The quantitative estimate of drug-likeness (QED) is 0.631. The van der Waals surface area contributed by atoms with E-state index in [1.54, 1.807) is 0 Å². The number of ether oxygens (including phenoxy) is 1. The summed E-state index contributed by atoms with van der Waals surface area (Å²) in [6.07, 6.45) is 6.12. The van der Waals surface area contributed by atoms with Gasteiger partial charge in [-0.05, 0) is 37.5 Å². The summed E-state index contributed by atoms with van der Waals surface area (Å²) in [5, 5.41) is 0. The van der Waals surface area contributed by atoms with Gasteiger partial charge in [-0.3, -0.25) is 4.79 Å². The number of carbonyl (C=O) groups is 1. The van der Waals surface area contributed by atoms with Crippen LogP contribution in [0.4, 0.5) is 0 Å². The third-order valence-electron chi connectivity index (χ3n) is 3.74. The summed E-state index contributed by atoms with van der Waals surface area (Å²) in [5.74, 6) is 2.29. The first-order chi connectivity index (χ1) is 6.81. The maximum absolute atomic E-state index is 11.8. The van der Waals surface area contributed by atoms with Gasteiger partial charge in [-0.1, -0.05) is 13.3 Å². The van der Waals surface area contributed by atoms with E-state index < -0.39 is 0 Å². The summed E-state index contributed by atoms with van der Waals surface area (Å²) in [6.45, 7) is 3.16. The van der Waals surface area contributed by atoms with Crippen molar-refractivity contribution in [2.45, 2.75) is 39.0 Å². The Morgan fingerprint density at radius 3 is 2.79 bits per heavy atom. The number of ketones is 1. The molecule has 0 spiro atoms. The number of hydrogen-bond donors (Lipinski definition) is 0. The maximum Gasteiger partial charge on any atom is 0.161 e. The minimum absolute atomic E-state index is 0.352. The third-order valence-corrected chi connectivity index (χ3v) is 3.74. The van der Waals surface area contributed by atoms with Crippen LogP contribution in [0.5, 0.6) is 0 Å². The van der Waals surface area contributed by atoms with Gasteiger partial charge >= 0.3 is 0 Å². The molecule has 2 bridgehead atoms. The molecule has 0 aromatic carbocycles. The van der Waals surface area contributed by atoms with Crippen LogP contribution >= 0.6 is 0 Å². The Labute approximate surface area is 86.0 Å². The van der Waals surface area contributed by atoms with E-state index in [1.807, 2.05) is 0 Å². The van der Waals surface area contributed by atoms with Gasteiger partial charge < -0.3 is 4.74 Å². The molecular weight excluding hydrogens is 176 g/mol. The summed E-state index contributed by atoms with van der Waals surface area (Å²) in [7, 11) is 0. The molecule has 2 rings (SSSR count). The van der Waals surface area contributed by atoms with E-state index in [0.29, 0.717) is 24.2 Å². The van der Waals surface area contributed by atoms with Gasteiger partial charge in [0.05, 0.1) is 0 Å². The second kappa shape index (κ2) is 4.43. The van der Waals surface area contributed by atoms with E-state index in [1.165, 1.54) is 19.3 Å². The van der Waals surface area contributed by atoms with E-state index in [4.69, 9.17) is 4.74 Å². The fraction of sp³-hybridized carbons (Fsp3) is 0.917. The van der Waals surface area contributed by atoms with Crippen LogP contribution in [0.3, 0.4) is 0 Å². The van der Waals surface area contributed by atoms with Crippen molar-refractivity contribution in [3.8, 4) is 0 Å². The van der Waals surface area contributed by atoms with Gasteiger partial charge in [0.25, 0.3) is 0 Å². The predicted molar refractivity (Wildman–Crippen MR) is 55.1 cm³/mol. The number of fused-ring (bicyclic) bond motifs is 2. The fourth-order valence-corrected chi connectivity index (χ4v) is 3.06. The van der Waals surface area contributed by atoms with Crippen LogP contribution in [0.2, 0.25) is 0 Å². The molecule has 2 saturated carbocycles. The van der Waals surface area contributed by atoms with Crippen LogP contribution < -0.4 is 0 Å². The molecule has 0 aromatic heterocycles. The Kier molecular flexibility index (Phi) is 3.22. The predicted octanol–water partition coefficient (Wildman–Crippen LogP) is 2.42. The van der Waals surface area contributed by atoms with E-state index in [9.17, 15) is 4.79 Å². The SMILES string of the molecule is CCCOCC(=O)C1CC2CCC1C2. The second-order valence-electron chi connectivity index (χ2n) is 4.80. The monoisotopic (exact) mass is 196 g/mol. The van der Waals surface area contributed by atoms with Crippen molar-refractivity contribution in [2.75, 3.05) is 13.2 Å². The molecule has 14 heavy (non-hydrogen) atoms. The summed E-state index contributed by atoms with van der Waals surface area (Å²) in [6, 6.07) is 0. The lowest BCUT2D eigenvalue weighted by Crippen LogP contribution is -2.24. The van der Waals surface area contributed by atoms with Crippen molar-refractivity contribution >= 4 is 5.78 Å². The molecule has 2 nitrogen and oxygen atoms in total. The summed E-state index contributed by atoms with van der Waals surface area (Å²) >= 11 is 0. The molecule has 0 aromatic rings. The average Bonchev–Trinajstić information content (AvgIpc) is 2.79. The molecule has 2 aliphatic rings. The summed E-state index contributed by atoms with van der Waals surface area (Å²) < 4.78 is 5.32. The van der Waals surface area contributed by atoms with Crippen molar-refractivity contribution in [3.05, 3.63) is 0 Å². The Bertz CT molecular complexity index is 212. The van der Waals surface area contributed by atoms with Crippen LogP contribution in [0.1, 0.15) is 39.0 Å². The Morgan fingerprint density at radius 2 is 2.21 bits per heavy atom. The van der Waals surface area contributed by atoms with Gasteiger partial charge in [0.1, 0.15) is 6.61 Å². The summed E-state index contributed by atoms with van der Waals surface area (Å²) in [4.78, 5) is 11.8. The minimum atomic E-state index is 0.352. The number of Topliss-reactive ketones (excluding diaryl/α,β-unsaturated/α-hetero) is 1. The third kappa shape index (κ3) is 2.00. The van der Waals surface area contributed by atoms with E-state index >= 15 is 0 Å². The lowest BCUT2D eigenvalue weighted by atomic mass is 9.86. The first kappa shape index (κ1) is 10.2. The van der Waals surface area contributed by atoms with Crippen molar-refractivity contribution in [3.63, 3.8) is 0 Å². The Morgan fingerprint density at radius 1 is 1.36 bits per heavy atom. The smallest absolute Gasteiger partial charge is 0.161 e. The number of hydrogen-bond acceptors (Lipinski definition) is 2. The van der Waals surface area contributed by atoms with Crippen LogP contribution in [0.15, 0.2) is 0 Å². The first-order valence-electron chi connectivity index (χ1n) is 5.91. The Balaban J connectivity index is 1.75. The zero-order valence-corrected chi connectivity index (χ0v) is 9.00. The van der Waals surface area contributed by atoms with E-state index in [2.05, 4.69) is 6.92 Å². The lowest BCUT2D eigenvalue weighted by molar-refractivity contribution is -0.129. The highest BCUT2D eigenvalue weighted by atomic mass is 16.5. The van der Waals surface area contributed by atoms with Gasteiger partial charge in [-0.15, -0.1) is 0 Å². The standard InChI is InChI=1S/C12H20O2/c1-2-5-14-8-12(13)11-7-9-3-4-10(11)6-9/h9-11H,2-8H2,1H3. The van der Waals surface area contributed by atoms with Crippen LogP contribution in [-0.4, -0.2) is 19.0 Å². The van der Waals surface area contributed by atoms with Crippen molar-refractivity contribution in [1.82, 2.24) is 0 Å². The highest BCUT2D eigenvalue weighted by Gasteiger charge is 2.42. The van der Waals surface area contributed by atoms with Crippen LogP contribution in [0.25, 0.3) is 0 Å². The molecular formula is C12H20O2. The molecule has 2 fully saturated rings. The van der Waals surface area contributed by atoms with Gasteiger partial charge in [-0.2, -0.15) is 0 Å². The molecule has 0 saturated heterocycles. The van der Waals surface area contributed by atoms with Gasteiger partial charge in [-0.25, -0.2) is 0 Å². The lowest BCUT2D eigenvalue weighted by Gasteiger charge is -2.19. The molecule has 0 N–H and O–H groups in total. The fourth-order valence-electron chi connectivity index (χ4n) is 3.06. The van der Waals surface area contributed by atoms with E-state index in [-0.39, 0.29) is 0 Å². The molecule has 0 heterocycles. The molecule has 3 unspecified atom stereocenters. The largest absolute Gasteiger partial charge is 0.374 e. The summed E-state index contributed by atoms with van der Waals surface area (Å²) in [5.41, 5.74) is 0. The van der Waals surface area contributed by atoms with Crippen molar-refractivity contribution in [2.24, 2.45) is 17.8 Å². The zero-order valence-electron chi connectivity index (χ0n) is 9.00. The van der Waals surface area contributed by atoms with Gasteiger partial charge in [0, 0.05) is 12.5 Å². The van der Waals surface area contributed by atoms with Gasteiger partial charge in [0.15, 0.2) is 5.78 Å². The highest BCUT2D eigenvalue weighted by Crippen LogP contribution is 2.48. The first-order valence-corrected chi connectivity index (χ1v) is 5.91. The van der Waals surface area contributed by atoms with Gasteiger partial charge in [0.2, 0.25) is 0 Å². The van der Waals surface area contributed by atoms with Crippen LogP contribution in [0, 0.1) is 17.8 Å². The minimum Gasteiger partial charge on any atom is -0.374 e. The second-order valence-corrected chi connectivity index (χ2v) is 4.80. The van der Waals surface area contributed by atoms with E-state index in [0.717, 1.165) is 25.4 Å². The molecule has 0 radical (unpaired) electrons.